The van der Waals surface area contributed by atoms with Crippen LogP contribution in [0.25, 0.3) is 0 Å². The summed E-state index contributed by atoms with van der Waals surface area (Å²) in [5.41, 5.74) is 0.301. The number of benzene rings is 2. The van der Waals surface area contributed by atoms with Gasteiger partial charge in [0.2, 0.25) is 0 Å². The number of halogens is 3. The molecule has 136 valence electrons. The number of nitrogens with zero attached hydrogens (tertiary/aromatic N) is 1. The van der Waals surface area contributed by atoms with Gasteiger partial charge in [0.1, 0.15) is 0 Å². The van der Waals surface area contributed by atoms with Crippen LogP contribution in [0.3, 0.4) is 0 Å². The van der Waals surface area contributed by atoms with E-state index in [0.717, 1.165) is 0 Å². The monoisotopic (exact) mass is 421 g/mol. The molecule has 1 N–H and O–H groups in total. The van der Waals surface area contributed by atoms with E-state index in [4.69, 9.17) is 34.8 Å². The predicted molar refractivity (Wildman–Crippen MR) is 103 cm³/mol. The summed E-state index contributed by atoms with van der Waals surface area (Å²) in [7, 11) is -3.86. The average molecular weight is 423 g/mol. The zero-order valence-electron chi connectivity index (χ0n) is 13.5. The summed E-state index contributed by atoms with van der Waals surface area (Å²) in [6.45, 7) is 1.82. The van der Waals surface area contributed by atoms with Gasteiger partial charge in [0.15, 0.2) is 0 Å². The Labute approximate surface area is 163 Å². The van der Waals surface area contributed by atoms with Crippen molar-refractivity contribution < 1.29 is 13.5 Å². The van der Waals surface area contributed by atoms with Crippen molar-refractivity contribution in [3.8, 4) is 0 Å². The van der Waals surface area contributed by atoms with Gasteiger partial charge in [-0.2, -0.15) is 0 Å². The van der Waals surface area contributed by atoms with Crippen LogP contribution >= 0.6 is 34.8 Å². The second-order valence-corrected chi connectivity index (χ2v) is 8.76. The molecule has 2 aromatic rings. The highest BCUT2D eigenvalue weighted by Crippen LogP contribution is 2.33. The molecule has 2 rings (SSSR count). The summed E-state index contributed by atoms with van der Waals surface area (Å²) < 4.78 is 27.4. The fourth-order valence-electron chi connectivity index (χ4n) is 2.31. The topological polar surface area (TPSA) is 57.6 Å². The van der Waals surface area contributed by atoms with Gasteiger partial charge >= 0.3 is 0 Å². The summed E-state index contributed by atoms with van der Waals surface area (Å²) in [4.78, 5) is 0.102. The molecule has 0 heterocycles. The van der Waals surface area contributed by atoms with Gasteiger partial charge in [-0.25, -0.2) is 8.42 Å². The molecule has 0 spiro atoms. The smallest absolute Gasteiger partial charge is 0.264 e. The Hall–Kier alpha value is -0.980. The van der Waals surface area contributed by atoms with Gasteiger partial charge in [-0.3, -0.25) is 4.31 Å². The highest BCUT2D eigenvalue weighted by Gasteiger charge is 2.26. The number of hydrogen-bond acceptors (Lipinski definition) is 3. The van der Waals surface area contributed by atoms with Gasteiger partial charge in [-0.15, -0.1) is 0 Å². The van der Waals surface area contributed by atoms with Crippen molar-refractivity contribution in [1.29, 1.82) is 0 Å². The highest BCUT2D eigenvalue weighted by molar-refractivity contribution is 7.92. The maximum Gasteiger partial charge on any atom is 0.264 e. The number of rotatable bonds is 7. The van der Waals surface area contributed by atoms with Crippen LogP contribution in [0.1, 0.15) is 19.8 Å². The van der Waals surface area contributed by atoms with Crippen LogP contribution in [-0.2, 0) is 10.0 Å². The lowest BCUT2D eigenvalue weighted by Crippen LogP contribution is -2.32. The average Bonchev–Trinajstić information content (AvgIpc) is 2.54. The van der Waals surface area contributed by atoms with E-state index in [-0.39, 0.29) is 16.5 Å². The Kier molecular flexibility index (Phi) is 7.00. The van der Waals surface area contributed by atoms with Crippen molar-refractivity contribution in [1.82, 2.24) is 0 Å². The van der Waals surface area contributed by atoms with Gasteiger partial charge in [-0.05, 0) is 62.2 Å². The molecule has 0 unspecified atom stereocenters. The standard InChI is InChI=1S/C17H18Cl3NO3S/c1-12(22)3-2-10-21(17-11-14(19)6-9-16(17)20)25(23,24)15-7-4-13(18)5-8-15/h4-9,11-12,22H,2-3,10H2,1H3/t12-/m1/s1. The molecule has 0 aliphatic heterocycles. The van der Waals surface area contributed by atoms with E-state index in [0.29, 0.717) is 28.6 Å². The van der Waals surface area contributed by atoms with E-state index in [1.807, 2.05) is 0 Å². The van der Waals surface area contributed by atoms with Crippen molar-refractivity contribution in [2.45, 2.75) is 30.8 Å². The molecule has 0 bridgehead atoms. The van der Waals surface area contributed by atoms with E-state index >= 15 is 0 Å². The fraction of sp³-hybridized carbons (Fsp3) is 0.294. The Bertz CT molecular complexity index is 824. The predicted octanol–water partition coefficient (Wildman–Crippen LogP) is 5.00. The lowest BCUT2D eigenvalue weighted by molar-refractivity contribution is 0.182. The van der Waals surface area contributed by atoms with Crippen LogP contribution in [0.2, 0.25) is 15.1 Å². The summed E-state index contributed by atoms with van der Waals surface area (Å²) in [5.74, 6) is 0. The lowest BCUT2D eigenvalue weighted by Gasteiger charge is -2.26. The summed E-state index contributed by atoms with van der Waals surface area (Å²) >= 11 is 18.1. The second-order valence-electron chi connectivity index (χ2n) is 5.62. The largest absolute Gasteiger partial charge is 0.393 e. The first kappa shape index (κ1) is 20.3. The molecule has 0 aliphatic carbocycles. The first-order valence-corrected chi connectivity index (χ1v) is 10.2. The first-order chi connectivity index (χ1) is 11.7. The molecule has 0 fully saturated rings. The van der Waals surface area contributed by atoms with Crippen LogP contribution in [0.5, 0.6) is 0 Å². The molecule has 4 nitrogen and oxygen atoms in total. The third-order valence-corrected chi connectivity index (χ3v) is 6.20. The molecule has 0 aromatic heterocycles. The molecule has 8 heteroatoms. The molecular weight excluding hydrogens is 405 g/mol. The van der Waals surface area contributed by atoms with E-state index < -0.39 is 16.1 Å². The fourth-order valence-corrected chi connectivity index (χ4v) is 4.39. The number of anilines is 1. The number of aliphatic hydroxyl groups excluding tert-OH is 1. The second kappa shape index (κ2) is 8.60. The molecule has 1 atom stereocenters. The molecular formula is C17H18Cl3NO3S. The van der Waals surface area contributed by atoms with Crippen molar-refractivity contribution in [2.24, 2.45) is 0 Å². The van der Waals surface area contributed by atoms with Crippen molar-refractivity contribution in [3.05, 3.63) is 57.5 Å². The highest BCUT2D eigenvalue weighted by atomic mass is 35.5. The molecule has 25 heavy (non-hydrogen) atoms. The van der Waals surface area contributed by atoms with Gasteiger partial charge in [0, 0.05) is 16.6 Å². The summed E-state index contributed by atoms with van der Waals surface area (Å²) in [6, 6.07) is 10.6. The van der Waals surface area contributed by atoms with Crippen LogP contribution in [-0.4, -0.2) is 26.2 Å². The van der Waals surface area contributed by atoms with Crippen molar-refractivity contribution in [2.75, 3.05) is 10.8 Å². The van der Waals surface area contributed by atoms with Crippen LogP contribution in [0, 0.1) is 0 Å². The Morgan fingerprint density at radius 1 is 1.04 bits per heavy atom. The van der Waals surface area contributed by atoms with Crippen molar-refractivity contribution in [3.63, 3.8) is 0 Å². The first-order valence-electron chi connectivity index (χ1n) is 7.63. The number of sulfonamides is 1. The zero-order chi connectivity index (χ0) is 18.6. The third-order valence-electron chi connectivity index (χ3n) is 3.56. The van der Waals surface area contributed by atoms with Gasteiger partial charge < -0.3 is 5.11 Å². The van der Waals surface area contributed by atoms with E-state index in [2.05, 4.69) is 0 Å². The number of hydrogen-bond donors (Lipinski definition) is 1. The zero-order valence-corrected chi connectivity index (χ0v) is 16.6. The molecule has 0 aliphatic rings. The molecule has 0 saturated heterocycles. The van der Waals surface area contributed by atoms with E-state index in [1.54, 1.807) is 19.1 Å². The maximum absolute atomic E-state index is 13.1. The minimum Gasteiger partial charge on any atom is -0.393 e. The normalized spacial score (nSPS) is 12.8. The maximum atomic E-state index is 13.1. The van der Waals surface area contributed by atoms with Crippen molar-refractivity contribution >= 4 is 50.5 Å². The molecule has 0 amide bonds. The SMILES string of the molecule is C[C@@H](O)CCCN(c1cc(Cl)ccc1Cl)S(=O)(=O)c1ccc(Cl)cc1. The quantitative estimate of drug-likeness (QED) is 0.683. The number of aliphatic hydroxyl groups is 1. The Morgan fingerprint density at radius 3 is 2.24 bits per heavy atom. The van der Waals surface area contributed by atoms with Crippen LogP contribution in [0.4, 0.5) is 5.69 Å². The van der Waals surface area contributed by atoms with Crippen LogP contribution in [0.15, 0.2) is 47.4 Å². The Morgan fingerprint density at radius 2 is 1.64 bits per heavy atom. The van der Waals surface area contributed by atoms with Gasteiger partial charge in [0.25, 0.3) is 10.0 Å². The minimum atomic E-state index is -3.86. The van der Waals surface area contributed by atoms with E-state index in [1.165, 1.54) is 34.6 Å². The molecule has 2 aromatic carbocycles. The van der Waals surface area contributed by atoms with Gasteiger partial charge in [0.05, 0.1) is 21.7 Å². The molecule has 0 saturated carbocycles. The van der Waals surface area contributed by atoms with Gasteiger partial charge in [-0.1, -0.05) is 34.8 Å². The van der Waals surface area contributed by atoms with Crippen LogP contribution < -0.4 is 4.31 Å². The Balaban J connectivity index is 2.46. The lowest BCUT2D eigenvalue weighted by atomic mass is 10.2. The summed E-state index contributed by atoms with van der Waals surface area (Å²) in [6.07, 6.45) is 0.410. The van der Waals surface area contributed by atoms with E-state index in [9.17, 15) is 13.5 Å². The minimum absolute atomic E-state index is 0.102. The third kappa shape index (κ3) is 5.25. The summed E-state index contributed by atoms with van der Waals surface area (Å²) in [5, 5.41) is 10.6. The molecule has 0 radical (unpaired) electrons.